The number of carbonyl (C=O) groups is 1. The number of amides is 2. The molecular weight excluding hydrogens is 332 g/mol. The Hall–Kier alpha value is -0.890. The van der Waals surface area contributed by atoms with Crippen molar-refractivity contribution in [3.63, 3.8) is 0 Å². The van der Waals surface area contributed by atoms with Crippen molar-refractivity contribution in [1.29, 1.82) is 0 Å². The molecule has 23 heavy (non-hydrogen) atoms. The predicted octanol–water partition coefficient (Wildman–Crippen LogP) is 3.09. The van der Waals surface area contributed by atoms with Crippen molar-refractivity contribution >= 4 is 35.2 Å². The van der Waals surface area contributed by atoms with Crippen molar-refractivity contribution in [2.75, 3.05) is 43.2 Å². The van der Waals surface area contributed by atoms with E-state index < -0.39 is 0 Å². The number of thioether (sulfide) groups is 2. The zero-order valence-electron chi connectivity index (χ0n) is 13.0. The summed E-state index contributed by atoms with van der Waals surface area (Å²) in [5, 5.41) is 5.73. The molecule has 1 atom stereocenters. The fraction of sp³-hybridized carbons (Fsp3) is 0.562. The molecule has 0 saturated carbocycles. The smallest absolute Gasteiger partial charge is 0.319 e. The molecule has 2 amide bonds. The van der Waals surface area contributed by atoms with Crippen LogP contribution in [0.3, 0.4) is 0 Å². The topological polar surface area (TPSA) is 59.6 Å². The van der Waals surface area contributed by atoms with Gasteiger partial charge in [-0.1, -0.05) is 12.1 Å². The summed E-state index contributed by atoms with van der Waals surface area (Å²) < 4.78 is 11.3. The number of benzene rings is 1. The van der Waals surface area contributed by atoms with Gasteiger partial charge in [0, 0.05) is 12.2 Å². The number of rotatable bonds is 4. The van der Waals surface area contributed by atoms with Crippen LogP contribution in [0.25, 0.3) is 0 Å². The summed E-state index contributed by atoms with van der Waals surface area (Å²) in [6, 6.07) is 7.91. The van der Waals surface area contributed by atoms with E-state index in [0.29, 0.717) is 30.9 Å². The zero-order valence-corrected chi connectivity index (χ0v) is 14.6. The first kappa shape index (κ1) is 17.0. The maximum absolute atomic E-state index is 12.0. The van der Waals surface area contributed by atoms with E-state index in [1.165, 1.54) is 23.5 Å². The summed E-state index contributed by atoms with van der Waals surface area (Å²) in [5.74, 6) is 2.42. The highest BCUT2D eigenvalue weighted by Gasteiger charge is 2.18. The molecule has 0 aliphatic carbocycles. The standard InChI is InChI=1S/C16H22N2O3S2/c19-16(17-10-14-11-20-5-6-21-14)18-13-4-1-3-12(9-13)15-22-7-2-8-23-15/h1,3-4,9,14-15H,2,5-8,10-11H2,(H2,17,18,19). The van der Waals surface area contributed by atoms with Crippen LogP contribution in [0.5, 0.6) is 0 Å². The molecular formula is C16H22N2O3S2. The van der Waals surface area contributed by atoms with Crippen LogP contribution in [0.1, 0.15) is 16.6 Å². The minimum Gasteiger partial charge on any atom is -0.376 e. The molecule has 2 heterocycles. The van der Waals surface area contributed by atoms with E-state index in [9.17, 15) is 4.79 Å². The number of urea groups is 1. The molecule has 2 fully saturated rings. The van der Waals surface area contributed by atoms with Gasteiger partial charge in [-0.3, -0.25) is 0 Å². The fourth-order valence-electron chi connectivity index (χ4n) is 2.48. The molecule has 3 rings (SSSR count). The number of anilines is 1. The van der Waals surface area contributed by atoms with Crippen molar-refractivity contribution in [2.45, 2.75) is 17.1 Å². The van der Waals surface area contributed by atoms with Gasteiger partial charge in [-0.05, 0) is 35.6 Å². The van der Waals surface area contributed by atoms with Crippen molar-refractivity contribution in [3.8, 4) is 0 Å². The van der Waals surface area contributed by atoms with Crippen molar-refractivity contribution < 1.29 is 14.3 Å². The molecule has 0 radical (unpaired) electrons. The van der Waals surface area contributed by atoms with E-state index in [2.05, 4.69) is 22.8 Å². The molecule has 1 aromatic rings. The van der Waals surface area contributed by atoms with Gasteiger partial charge in [0.2, 0.25) is 0 Å². The van der Waals surface area contributed by atoms with Crippen molar-refractivity contribution in [1.82, 2.24) is 5.32 Å². The van der Waals surface area contributed by atoms with E-state index >= 15 is 0 Å². The van der Waals surface area contributed by atoms with E-state index in [0.717, 1.165) is 5.69 Å². The van der Waals surface area contributed by atoms with E-state index in [1.54, 1.807) is 0 Å². The largest absolute Gasteiger partial charge is 0.376 e. The third-order valence-corrected chi connectivity index (χ3v) is 6.63. The van der Waals surface area contributed by atoms with Crippen molar-refractivity contribution in [3.05, 3.63) is 29.8 Å². The monoisotopic (exact) mass is 354 g/mol. The van der Waals surface area contributed by atoms with Gasteiger partial charge in [-0.15, -0.1) is 23.5 Å². The third-order valence-electron chi connectivity index (χ3n) is 3.62. The van der Waals surface area contributed by atoms with Gasteiger partial charge in [0.15, 0.2) is 0 Å². The van der Waals surface area contributed by atoms with Gasteiger partial charge in [-0.2, -0.15) is 0 Å². The van der Waals surface area contributed by atoms with Gasteiger partial charge in [0.05, 0.1) is 30.5 Å². The van der Waals surface area contributed by atoms with Gasteiger partial charge >= 0.3 is 6.03 Å². The predicted molar refractivity (Wildman–Crippen MR) is 96.3 cm³/mol. The van der Waals surface area contributed by atoms with Crippen LogP contribution in [0.15, 0.2) is 24.3 Å². The van der Waals surface area contributed by atoms with E-state index in [-0.39, 0.29) is 12.1 Å². The van der Waals surface area contributed by atoms with Crippen LogP contribution in [-0.2, 0) is 9.47 Å². The summed E-state index contributed by atoms with van der Waals surface area (Å²) >= 11 is 3.95. The second kappa shape index (κ2) is 8.82. The maximum atomic E-state index is 12.0. The molecule has 1 unspecified atom stereocenters. The highest BCUT2D eigenvalue weighted by atomic mass is 32.2. The number of ether oxygens (including phenoxy) is 2. The molecule has 126 valence electrons. The number of hydrogen-bond acceptors (Lipinski definition) is 5. The highest BCUT2D eigenvalue weighted by molar-refractivity contribution is 8.16. The SMILES string of the molecule is O=C(NCC1COCCO1)Nc1cccc(C2SCCCS2)c1. The Kier molecular flexibility index (Phi) is 6.50. The van der Waals surface area contributed by atoms with Gasteiger partial charge in [0.25, 0.3) is 0 Å². The fourth-order valence-corrected chi connectivity index (χ4v) is 5.35. The average Bonchev–Trinajstić information content (AvgIpc) is 2.62. The average molecular weight is 354 g/mol. The summed E-state index contributed by atoms with van der Waals surface area (Å²) in [6.07, 6.45) is 1.22. The molecule has 2 aliphatic heterocycles. The highest BCUT2D eigenvalue weighted by Crippen LogP contribution is 2.43. The lowest BCUT2D eigenvalue weighted by Gasteiger charge is -2.23. The zero-order chi connectivity index (χ0) is 15.9. The van der Waals surface area contributed by atoms with Gasteiger partial charge in [0.1, 0.15) is 0 Å². The normalized spacial score (nSPS) is 22.5. The molecule has 2 aliphatic rings. The number of nitrogens with one attached hydrogen (secondary N) is 2. The molecule has 1 aromatic carbocycles. The lowest BCUT2D eigenvalue weighted by molar-refractivity contribution is -0.0852. The quantitative estimate of drug-likeness (QED) is 0.870. The minimum absolute atomic E-state index is 0.0594. The number of carbonyl (C=O) groups excluding carboxylic acids is 1. The Balaban J connectivity index is 1.49. The number of hydrogen-bond donors (Lipinski definition) is 2. The molecule has 2 N–H and O–H groups in total. The van der Waals surface area contributed by atoms with Crippen LogP contribution in [0.2, 0.25) is 0 Å². The van der Waals surface area contributed by atoms with Crippen LogP contribution in [0, 0.1) is 0 Å². The summed E-state index contributed by atoms with van der Waals surface area (Å²) in [5.41, 5.74) is 2.09. The Bertz CT molecular complexity index is 518. The Morgan fingerprint density at radius 2 is 2.13 bits per heavy atom. The van der Waals surface area contributed by atoms with Crippen LogP contribution >= 0.6 is 23.5 Å². The summed E-state index contributed by atoms with van der Waals surface area (Å²) in [6.45, 7) is 2.21. The lowest BCUT2D eigenvalue weighted by Crippen LogP contribution is -2.41. The Labute approximate surface area is 145 Å². The first-order chi connectivity index (χ1) is 11.3. The molecule has 0 bridgehead atoms. The second-order valence-corrected chi connectivity index (χ2v) is 8.18. The second-order valence-electron chi connectivity index (χ2n) is 5.46. The molecule has 0 aromatic heterocycles. The van der Waals surface area contributed by atoms with Gasteiger partial charge < -0.3 is 20.1 Å². The molecule has 7 heteroatoms. The molecule has 5 nitrogen and oxygen atoms in total. The third kappa shape index (κ3) is 5.31. The van der Waals surface area contributed by atoms with Crippen LogP contribution < -0.4 is 10.6 Å². The first-order valence-electron chi connectivity index (χ1n) is 7.88. The van der Waals surface area contributed by atoms with Gasteiger partial charge in [-0.25, -0.2) is 4.79 Å². The first-order valence-corrected chi connectivity index (χ1v) is 9.98. The molecule has 2 saturated heterocycles. The Morgan fingerprint density at radius 3 is 2.91 bits per heavy atom. The maximum Gasteiger partial charge on any atom is 0.319 e. The van der Waals surface area contributed by atoms with Crippen LogP contribution in [0.4, 0.5) is 10.5 Å². The van der Waals surface area contributed by atoms with E-state index in [1.807, 2.05) is 35.7 Å². The minimum atomic E-state index is -0.208. The van der Waals surface area contributed by atoms with E-state index in [4.69, 9.17) is 9.47 Å². The van der Waals surface area contributed by atoms with Crippen molar-refractivity contribution in [2.24, 2.45) is 0 Å². The Morgan fingerprint density at radius 1 is 1.26 bits per heavy atom. The lowest BCUT2D eigenvalue weighted by atomic mass is 10.2. The van der Waals surface area contributed by atoms with Crippen LogP contribution in [-0.4, -0.2) is 50.0 Å². The summed E-state index contributed by atoms with van der Waals surface area (Å²) in [7, 11) is 0. The molecule has 0 spiro atoms. The summed E-state index contributed by atoms with van der Waals surface area (Å²) in [4.78, 5) is 12.0.